The minimum Gasteiger partial charge on any atom is -0.508 e. The van der Waals surface area contributed by atoms with E-state index in [1.165, 1.54) is 0 Å². The molecule has 0 saturated carbocycles. The zero-order valence-corrected chi connectivity index (χ0v) is 16.7. The molecule has 3 N–H and O–H groups in total. The van der Waals surface area contributed by atoms with Gasteiger partial charge in [-0.05, 0) is 30.5 Å². The Morgan fingerprint density at radius 2 is 2.00 bits per heavy atom. The molecule has 0 spiro atoms. The van der Waals surface area contributed by atoms with Crippen LogP contribution >= 0.6 is 32.4 Å². The van der Waals surface area contributed by atoms with E-state index >= 15 is 0 Å². The average Bonchev–Trinajstić information content (AvgIpc) is 2.57. The molecule has 0 saturated heterocycles. The molecule has 1 aromatic carbocycles. The Labute approximate surface area is 159 Å². The Bertz CT molecular complexity index is 757. The fourth-order valence-corrected chi connectivity index (χ4v) is 2.93. The highest BCUT2D eigenvalue weighted by Gasteiger charge is 2.18. The van der Waals surface area contributed by atoms with E-state index in [-0.39, 0.29) is 29.0 Å². The number of ether oxygens (including phenoxy) is 1. The Hall–Kier alpha value is -1.26. The molecule has 0 fully saturated rings. The first kappa shape index (κ1) is 20.1. The van der Waals surface area contributed by atoms with Crippen LogP contribution in [-0.2, 0) is 0 Å². The third-order valence-corrected chi connectivity index (χ3v) is 4.85. The van der Waals surface area contributed by atoms with Gasteiger partial charge in [-0.3, -0.25) is 0 Å². The lowest BCUT2D eigenvalue weighted by atomic mass is 10.0. The summed E-state index contributed by atoms with van der Waals surface area (Å²) in [5, 5.41) is 22.4. The van der Waals surface area contributed by atoms with Crippen molar-refractivity contribution in [3.05, 3.63) is 33.8 Å². The van der Waals surface area contributed by atoms with Gasteiger partial charge in [0.15, 0.2) is 5.75 Å². The maximum Gasteiger partial charge on any atom is 0.170 e. The molecule has 1 aromatic heterocycles. The Morgan fingerprint density at radius 1 is 1.28 bits per heavy atom. The molecular formula is C17H21Cl2N2O3P. The highest BCUT2D eigenvalue weighted by molar-refractivity contribution is 7.27. The van der Waals surface area contributed by atoms with Crippen LogP contribution in [0.25, 0.3) is 0 Å². The predicted octanol–water partition coefficient (Wildman–Crippen LogP) is 4.30. The van der Waals surface area contributed by atoms with E-state index in [4.69, 9.17) is 33.0 Å². The Kier molecular flexibility index (Phi) is 7.14. The van der Waals surface area contributed by atoms with E-state index in [0.29, 0.717) is 35.0 Å². The lowest BCUT2D eigenvalue weighted by Crippen LogP contribution is -2.11. The van der Waals surface area contributed by atoms with Crippen molar-refractivity contribution in [2.75, 3.05) is 18.5 Å². The zero-order valence-electron chi connectivity index (χ0n) is 14.0. The lowest BCUT2D eigenvalue weighted by Gasteiger charge is -2.16. The molecular weight excluding hydrogens is 382 g/mol. The summed E-state index contributed by atoms with van der Waals surface area (Å²) >= 11 is 12.7. The van der Waals surface area contributed by atoms with Crippen molar-refractivity contribution in [1.29, 1.82) is 0 Å². The summed E-state index contributed by atoms with van der Waals surface area (Å²) in [7, 11) is 2.44. The molecule has 0 amide bonds. The first-order valence-electron chi connectivity index (χ1n) is 7.85. The van der Waals surface area contributed by atoms with Crippen molar-refractivity contribution >= 4 is 43.7 Å². The Balaban J connectivity index is 2.37. The largest absolute Gasteiger partial charge is 0.508 e. The molecule has 2 aromatic rings. The van der Waals surface area contributed by atoms with Gasteiger partial charge in [-0.25, -0.2) is 4.98 Å². The van der Waals surface area contributed by atoms with E-state index in [2.05, 4.69) is 19.5 Å². The quantitative estimate of drug-likeness (QED) is 0.475. The number of halogens is 2. The monoisotopic (exact) mass is 402 g/mol. The van der Waals surface area contributed by atoms with Crippen LogP contribution in [-0.4, -0.2) is 28.3 Å². The topological polar surface area (TPSA) is 74.6 Å². The summed E-state index contributed by atoms with van der Waals surface area (Å²) in [6.45, 7) is 4.55. The summed E-state index contributed by atoms with van der Waals surface area (Å²) in [4.78, 5) is 4.29. The number of hydrogen-bond donors (Lipinski definition) is 3. The van der Waals surface area contributed by atoms with Gasteiger partial charge in [0, 0.05) is 18.7 Å². The number of aromatic hydroxyl groups is 1. The molecule has 136 valence electrons. The van der Waals surface area contributed by atoms with E-state index in [0.717, 1.165) is 5.56 Å². The fraction of sp³-hybridized carbons (Fsp3) is 0.353. The first-order chi connectivity index (χ1) is 11.8. The maximum absolute atomic E-state index is 9.94. The lowest BCUT2D eigenvalue weighted by molar-refractivity contribution is 0.292. The van der Waals surface area contributed by atoms with Crippen LogP contribution < -0.4 is 15.5 Å². The first-order valence-corrected chi connectivity index (χ1v) is 9.18. The van der Waals surface area contributed by atoms with Crippen molar-refractivity contribution in [2.24, 2.45) is 0 Å². The second-order valence-electron chi connectivity index (χ2n) is 5.78. The number of hydrogen-bond acceptors (Lipinski definition) is 5. The molecule has 0 aliphatic rings. The van der Waals surface area contributed by atoms with Crippen molar-refractivity contribution in [3.8, 4) is 17.2 Å². The fourth-order valence-electron chi connectivity index (χ4n) is 2.21. The van der Waals surface area contributed by atoms with E-state index in [9.17, 15) is 5.11 Å². The van der Waals surface area contributed by atoms with Gasteiger partial charge in [-0.2, -0.15) is 0 Å². The molecule has 5 nitrogen and oxygen atoms in total. The zero-order chi connectivity index (χ0) is 18.6. The number of phenolic OH excluding ortho intramolecular Hbond substituents is 1. The van der Waals surface area contributed by atoms with E-state index < -0.39 is 0 Å². The van der Waals surface area contributed by atoms with Gasteiger partial charge in [0.25, 0.3) is 0 Å². The molecule has 1 unspecified atom stereocenters. The van der Waals surface area contributed by atoms with Gasteiger partial charge in [-0.1, -0.05) is 46.3 Å². The minimum atomic E-state index is 0.0702. The number of aliphatic hydroxyl groups is 1. The molecule has 0 bridgehead atoms. The van der Waals surface area contributed by atoms with Gasteiger partial charge in [-0.15, -0.1) is 0 Å². The van der Waals surface area contributed by atoms with E-state index in [1.54, 1.807) is 18.2 Å². The molecule has 0 aliphatic heterocycles. The van der Waals surface area contributed by atoms with E-state index in [1.807, 2.05) is 13.8 Å². The summed E-state index contributed by atoms with van der Waals surface area (Å²) in [6.07, 6.45) is 0.568. The van der Waals surface area contributed by atoms with Crippen LogP contribution in [0.1, 0.15) is 31.7 Å². The number of anilines is 1. The summed E-state index contributed by atoms with van der Waals surface area (Å²) < 4.78 is 5.90. The van der Waals surface area contributed by atoms with Gasteiger partial charge in [0.1, 0.15) is 27.4 Å². The standard InChI is InChI=1S/C17H21Cl2N2O3P/c1-9(2)11-8-10(4-5-12(11)23)24-15-13(18)16(20-6-3-7-22)21-17(25)14(15)19/h4-5,8-9,22-23H,3,6-7,25H2,1-2H3,(H,20,21). The van der Waals surface area contributed by atoms with Gasteiger partial charge in [0.05, 0.1) is 5.44 Å². The van der Waals surface area contributed by atoms with Crippen molar-refractivity contribution in [2.45, 2.75) is 26.2 Å². The summed E-state index contributed by atoms with van der Waals surface area (Å²) in [5.41, 5.74) is 1.27. The van der Waals surface area contributed by atoms with Gasteiger partial charge in [0.2, 0.25) is 0 Å². The maximum atomic E-state index is 9.94. The number of aliphatic hydroxyl groups excluding tert-OH is 1. The number of nitrogens with one attached hydrogen (secondary N) is 1. The van der Waals surface area contributed by atoms with Crippen LogP contribution in [0.4, 0.5) is 5.82 Å². The van der Waals surface area contributed by atoms with Crippen LogP contribution in [0, 0.1) is 0 Å². The second-order valence-corrected chi connectivity index (χ2v) is 7.09. The number of aromatic nitrogens is 1. The molecule has 0 aliphatic carbocycles. The van der Waals surface area contributed by atoms with Crippen molar-refractivity contribution < 1.29 is 14.9 Å². The van der Waals surface area contributed by atoms with Gasteiger partial charge < -0.3 is 20.3 Å². The summed E-state index contributed by atoms with van der Waals surface area (Å²) in [6, 6.07) is 4.99. The second kappa shape index (κ2) is 8.91. The highest BCUT2D eigenvalue weighted by atomic mass is 35.5. The SMILES string of the molecule is CC(C)c1cc(Oc2c(Cl)c(P)nc(NCCCO)c2Cl)ccc1O. The van der Waals surface area contributed by atoms with Crippen LogP contribution in [0.2, 0.25) is 10.0 Å². The smallest absolute Gasteiger partial charge is 0.170 e. The normalized spacial score (nSPS) is 11.0. The van der Waals surface area contributed by atoms with Crippen LogP contribution in [0.5, 0.6) is 17.2 Å². The minimum absolute atomic E-state index is 0.0702. The number of nitrogens with zero attached hydrogens (tertiary/aromatic N) is 1. The van der Waals surface area contributed by atoms with Gasteiger partial charge >= 0.3 is 0 Å². The third kappa shape index (κ3) is 4.89. The third-order valence-electron chi connectivity index (χ3n) is 3.53. The molecule has 0 radical (unpaired) electrons. The Morgan fingerprint density at radius 3 is 2.64 bits per heavy atom. The molecule has 1 heterocycles. The van der Waals surface area contributed by atoms with Crippen molar-refractivity contribution in [1.82, 2.24) is 4.98 Å². The van der Waals surface area contributed by atoms with Crippen LogP contribution in [0.3, 0.4) is 0 Å². The number of pyridine rings is 1. The molecule has 25 heavy (non-hydrogen) atoms. The number of phenols is 1. The number of benzene rings is 1. The molecule has 8 heteroatoms. The average molecular weight is 403 g/mol. The van der Waals surface area contributed by atoms with Crippen LogP contribution in [0.15, 0.2) is 18.2 Å². The predicted molar refractivity (Wildman–Crippen MR) is 106 cm³/mol. The highest BCUT2D eigenvalue weighted by Crippen LogP contribution is 2.40. The van der Waals surface area contributed by atoms with Crippen molar-refractivity contribution in [3.63, 3.8) is 0 Å². The number of rotatable bonds is 7. The molecule has 1 atom stereocenters. The summed E-state index contributed by atoms with van der Waals surface area (Å²) in [5.74, 6) is 1.59. The molecule has 2 rings (SSSR count).